The fourth-order valence-electron chi connectivity index (χ4n) is 3.12. The minimum atomic E-state index is -3.85. The molecule has 23 heavy (non-hydrogen) atoms. The maximum Gasteiger partial charge on any atom is 0.322 e. The van der Waals surface area contributed by atoms with Crippen LogP contribution in [0.25, 0.3) is 0 Å². The molecule has 2 N–H and O–H groups in total. The van der Waals surface area contributed by atoms with E-state index in [0.29, 0.717) is 37.8 Å². The van der Waals surface area contributed by atoms with Crippen LogP contribution in [0, 0.1) is 0 Å². The number of carboxylic acid groups (broad SMARTS) is 1. The maximum atomic E-state index is 12.8. The van der Waals surface area contributed by atoms with Crippen molar-refractivity contribution < 1.29 is 23.1 Å². The molecule has 1 aromatic rings. The summed E-state index contributed by atoms with van der Waals surface area (Å²) in [5.74, 6) is -1.20. The molecule has 0 bridgehead atoms. The minimum Gasteiger partial charge on any atom is -0.480 e. The zero-order chi connectivity index (χ0) is 16.6. The number of aliphatic carboxylic acids is 1. The van der Waals surface area contributed by atoms with Crippen LogP contribution in [0.15, 0.2) is 23.1 Å². The van der Waals surface area contributed by atoms with E-state index in [1.165, 1.54) is 6.07 Å². The number of hydrogen-bond acceptors (Lipinski definition) is 4. The van der Waals surface area contributed by atoms with Gasteiger partial charge in [-0.25, -0.2) is 8.42 Å². The molecule has 2 aliphatic heterocycles. The Morgan fingerprint density at radius 3 is 2.78 bits per heavy atom. The maximum absolute atomic E-state index is 12.8. The lowest BCUT2D eigenvalue weighted by atomic mass is 10.1. The Bertz CT molecular complexity index is 759. The molecule has 1 aromatic carbocycles. The third kappa shape index (κ3) is 2.96. The van der Waals surface area contributed by atoms with Crippen LogP contribution in [0.2, 0.25) is 0 Å². The number of aryl methyl sites for hydroxylation is 1. The molecule has 0 saturated carbocycles. The Balaban J connectivity index is 1.96. The number of fused-ring (bicyclic) bond motifs is 1. The zero-order valence-corrected chi connectivity index (χ0v) is 13.3. The molecule has 0 spiro atoms. The summed E-state index contributed by atoms with van der Waals surface area (Å²) in [5.41, 5.74) is 1.39. The summed E-state index contributed by atoms with van der Waals surface area (Å²) in [7, 11) is -3.85. The standard InChI is InChI=1S/C15H18N2O5S/c18-14-5-1-3-10-9-11(6-7-12(10)16-14)23(21,22)17-8-2-4-13(17)15(19)20/h6-7,9,13H,1-5,8H2,(H,16,18)(H,19,20). The van der Waals surface area contributed by atoms with Crippen LogP contribution in [0.3, 0.4) is 0 Å². The number of nitrogens with one attached hydrogen (secondary N) is 1. The van der Waals surface area contributed by atoms with E-state index in [1.54, 1.807) is 12.1 Å². The van der Waals surface area contributed by atoms with Gasteiger partial charge in [0.25, 0.3) is 0 Å². The van der Waals surface area contributed by atoms with Crippen LogP contribution >= 0.6 is 0 Å². The van der Waals surface area contributed by atoms with Gasteiger partial charge in [0.15, 0.2) is 0 Å². The van der Waals surface area contributed by atoms with Gasteiger partial charge in [-0.15, -0.1) is 0 Å². The molecular formula is C15H18N2O5S. The number of nitrogens with zero attached hydrogens (tertiary/aromatic N) is 1. The third-order valence-electron chi connectivity index (χ3n) is 4.30. The lowest BCUT2D eigenvalue weighted by molar-refractivity contribution is -0.140. The van der Waals surface area contributed by atoms with Crippen molar-refractivity contribution in [1.82, 2.24) is 4.31 Å². The average Bonchev–Trinajstić information content (AvgIpc) is 2.92. The van der Waals surface area contributed by atoms with Crippen molar-refractivity contribution in [2.75, 3.05) is 11.9 Å². The second kappa shape index (κ2) is 5.93. The largest absolute Gasteiger partial charge is 0.480 e. The van der Waals surface area contributed by atoms with Gasteiger partial charge in [-0.05, 0) is 49.4 Å². The van der Waals surface area contributed by atoms with Gasteiger partial charge in [-0.1, -0.05) is 0 Å². The van der Waals surface area contributed by atoms with Crippen molar-refractivity contribution in [3.8, 4) is 0 Å². The first-order valence-corrected chi connectivity index (χ1v) is 9.01. The van der Waals surface area contributed by atoms with Gasteiger partial charge in [-0.2, -0.15) is 4.31 Å². The van der Waals surface area contributed by atoms with Gasteiger partial charge in [0.05, 0.1) is 4.90 Å². The van der Waals surface area contributed by atoms with E-state index in [-0.39, 0.29) is 17.3 Å². The third-order valence-corrected chi connectivity index (χ3v) is 6.20. The molecule has 1 amide bonds. The van der Waals surface area contributed by atoms with E-state index < -0.39 is 22.0 Å². The number of anilines is 1. The number of amides is 1. The van der Waals surface area contributed by atoms with Crippen molar-refractivity contribution in [2.24, 2.45) is 0 Å². The fraction of sp³-hybridized carbons (Fsp3) is 0.467. The minimum absolute atomic E-state index is 0.0789. The first-order chi connectivity index (χ1) is 10.9. The molecule has 3 rings (SSSR count). The molecule has 2 heterocycles. The van der Waals surface area contributed by atoms with Gasteiger partial charge in [-0.3, -0.25) is 9.59 Å². The van der Waals surface area contributed by atoms with Crippen molar-refractivity contribution in [2.45, 2.75) is 43.0 Å². The number of carbonyl (C=O) groups is 2. The summed E-state index contributed by atoms with van der Waals surface area (Å²) >= 11 is 0. The van der Waals surface area contributed by atoms with Crippen molar-refractivity contribution in [3.63, 3.8) is 0 Å². The number of carbonyl (C=O) groups excluding carboxylic acids is 1. The Kier molecular flexibility index (Phi) is 4.11. The first kappa shape index (κ1) is 15.9. The second-order valence-electron chi connectivity index (χ2n) is 5.83. The molecule has 1 unspecified atom stereocenters. The van der Waals surface area contributed by atoms with E-state index in [2.05, 4.69) is 5.32 Å². The van der Waals surface area contributed by atoms with Crippen molar-refractivity contribution in [3.05, 3.63) is 23.8 Å². The lowest BCUT2D eigenvalue weighted by Crippen LogP contribution is -2.40. The first-order valence-electron chi connectivity index (χ1n) is 7.57. The van der Waals surface area contributed by atoms with E-state index in [1.807, 2.05) is 0 Å². The summed E-state index contributed by atoms with van der Waals surface area (Å²) in [6.45, 7) is 0.215. The number of rotatable bonds is 3. The SMILES string of the molecule is O=C1CCCc2cc(S(=O)(=O)N3CCCC3C(=O)O)ccc2N1. The van der Waals surface area contributed by atoms with Crippen LogP contribution in [0.1, 0.15) is 31.2 Å². The molecule has 1 saturated heterocycles. The van der Waals surface area contributed by atoms with Crippen LogP contribution in [0.5, 0.6) is 0 Å². The monoisotopic (exact) mass is 338 g/mol. The topological polar surface area (TPSA) is 104 Å². The fourth-order valence-corrected chi connectivity index (χ4v) is 4.82. The van der Waals surface area contributed by atoms with Crippen molar-refractivity contribution in [1.29, 1.82) is 0 Å². The number of benzene rings is 1. The molecule has 0 aromatic heterocycles. The van der Waals surface area contributed by atoms with E-state index in [0.717, 1.165) is 9.87 Å². The molecule has 7 nitrogen and oxygen atoms in total. The summed E-state index contributed by atoms with van der Waals surface area (Å²) in [6, 6.07) is 3.56. The number of hydrogen-bond donors (Lipinski definition) is 2. The Labute approximate surface area is 134 Å². The van der Waals surface area contributed by atoms with Gasteiger partial charge in [0.1, 0.15) is 6.04 Å². The number of sulfonamides is 1. The molecule has 1 atom stereocenters. The summed E-state index contributed by atoms with van der Waals surface area (Å²) in [4.78, 5) is 22.9. The van der Waals surface area contributed by atoms with E-state index in [9.17, 15) is 23.1 Å². The van der Waals surface area contributed by atoms with Crippen LogP contribution in [0.4, 0.5) is 5.69 Å². The van der Waals surface area contributed by atoms with Gasteiger partial charge in [0.2, 0.25) is 15.9 Å². The lowest BCUT2D eigenvalue weighted by Gasteiger charge is -2.21. The van der Waals surface area contributed by atoms with E-state index in [4.69, 9.17) is 0 Å². The second-order valence-corrected chi connectivity index (χ2v) is 7.72. The zero-order valence-electron chi connectivity index (χ0n) is 12.5. The number of carboxylic acids is 1. The van der Waals surface area contributed by atoms with Crippen LogP contribution in [-0.2, 0) is 26.0 Å². The van der Waals surface area contributed by atoms with Crippen LogP contribution < -0.4 is 5.32 Å². The Hall–Kier alpha value is -1.93. The van der Waals surface area contributed by atoms with Gasteiger partial charge >= 0.3 is 5.97 Å². The normalized spacial score (nSPS) is 22.3. The highest BCUT2D eigenvalue weighted by Gasteiger charge is 2.39. The van der Waals surface area contributed by atoms with E-state index >= 15 is 0 Å². The Morgan fingerprint density at radius 1 is 1.26 bits per heavy atom. The smallest absolute Gasteiger partial charge is 0.322 e. The Morgan fingerprint density at radius 2 is 2.04 bits per heavy atom. The van der Waals surface area contributed by atoms with Gasteiger partial charge in [0, 0.05) is 18.7 Å². The summed E-state index contributed by atoms with van der Waals surface area (Å²) in [6.07, 6.45) is 2.54. The predicted molar refractivity (Wildman–Crippen MR) is 82.6 cm³/mol. The van der Waals surface area contributed by atoms with Crippen molar-refractivity contribution >= 4 is 27.6 Å². The summed E-state index contributed by atoms with van der Waals surface area (Å²) in [5, 5.41) is 12.0. The van der Waals surface area contributed by atoms with Crippen LogP contribution in [-0.4, -0.2) is 42.3 Å². The molecule has 0 radical (unpaired) electrons. The summed E-state index contributed by atoms with van der Waals surface area (Å²) < 4.78 is 26.6. The molecule has 124 valence electrons. The van der Waals surface area contributed by atoms with Gasteiger partial charge < -0.3 is 10.4 Å². The molecule has 0 aliphatic carbocycles. The highest BCUT2D eigenvalue weighted by molar-refractivity contribution is 7.89. The molecule has 1 fully saturated rings. The molecule has 2 aliphatic rings. The predicted octanol–water partition coefficient (Wildman–Crippen LogP) is 1.20. The highest BCUT2D eigenvalue weighted by Crippen LogP contribution is 2.30. The molecule has 8 heteroatoms. The molecular weight excluding hydrogens is 320 g/mol. The quantitative estimate of drug-likeness (QED) is 0.862. The highest BCUT2D eigenvalue weighted by atomic mass is 32.2. The average molecular weight is 338 g/mol.